The highest BCUT2D eigenvalue weighted by molar-refractivity contribution is 7.14. The van der Waals surface area contributed by atoms with Gasteiger partial charge in [0, 0.05) is 17.3 Å². The van der Waals surface area contributed by atoms with Gasteiger partial charge in [-0.1, -0.05) is 0 Å². The van der Waals surface area contributed by atoms with Crippen molar-refractivity contribution in [3.63, 3.8) is 0 Å². The quantitative estimate of drug-likeness (QED) is 0.817. The van der Waals surface area contributed by atoms with Crippen LogP contribution in [0, 0.1) is 6.92 Å². The normalized spacial score (nSPS) is 10.6. The first kappa shape index (κ1) is 13.1. The average Bonchev–Trinajstić information content (AvgIpc) is 2.97. The Morgan fingerprint density at radius 1 is 1.39 bits per heavy atom. The van der Waals surface area contributed by atoms with Crippen LogP contribution in [0.4, 0.5) is 0 Å². The minimum absolute atomic E-state index is 0.155. The number of aromatic nitrogens is 2. The van der Waals surface area contributed by atoms with Gasteiger partial charge in [0.25, 0.3) is 5.91 Å². The lowest BCUT2D eigenvalue weighted by molar-refractivity contribution is 0.0949. The fourth-order valence-electron chi connectivity index (χ4n) is 1.35. The van der Waals surface area contributed by atoms with Crippen LogP contribution in [0.15, 0.2) is 10.8 Å². The Labute approximate surface area is 113 Å². The van der Waals surface area contributed by atoms with Crippen LogP contribution in [0.3, 0.4) is 0 Å². The number of hydrogen-bond donors (Lipinski definition) is 2. The van der Waals surface area contributed by atoms with Crippen molar-refractivity contribution in [2.45, 2.75) is 13.3 Å². The van der Waals surface area contributed by atoms with Gasteiger partial charge in [0.1, 0.15) is 16.4 Å². The molecule has 2 aromatic rings. The molecule has 7 heteroatoms. The van der Waals surface area contributed by atoms with E-state index in [2.05, 4.69) is 15.3 Å². The molecule has 18 heavy (non-hydrogen) atoms. The van der Waals surface area contributed by atoms with E-state index < -0.39 is 0 Å². The van der Waals surface area contributed by atoms with Crippen molar-refractivity contribution >= 4 is 28.6 Å². The lowest BCUT2D eigenvalue weighted by atomic mass is 10.4. The first-order valence-electron chi connectivity index (χ1n) is 5.57. The van der Waals surface area contributed by atoms with Gasteiger partial charge in [-0.3, -0.25) is 4.79 Å². The van der Waals surface area contributed by atoms with E-state index in [-0.39, 0.29) is 5.91 Å². The third kappa shape index (κ3) is 3.12. The number of thiazole rings is 2. The molecule has 0 radical (unpaired) electrons. The Morgan fingerprint density at radius 2 is 2.22 bits per heavy atom. The summed E-state index contributed by atoms with van der Waals surface area (Å²) in [7, 11) is 0. The molecule has 96 valence electrons. The Morgan fingerprint density at radius 3 is 2.89 bits per heavy atom. The van der Waals surface area contributed by atoms with Gasteiger partial charge in [-0.05, 0) is 19.9 Å². The summed E-state index contributed by atoms with van der Waals surface area (Å²) in [5.41, 5.74) is 6.64. The maximum Gasteiger partial charge on any atom is 0.270 e. The van der Waals surface area contributed by atoms with Crippen LogP contribution in [0.1, 0.15) is 21.9 Å². The Hall–Kier alpha value is -1.31. The number of amides is 1. The number of carbonyl (C=O) groups excluding carboxylic acids is 1. The van der Waals surface area contributed by atoms with Crippen LogP contribution < -0.4 is 11.1 Å². The number of aryl methyl sites for hydroxylation is 1. The molecule has 0 aliphatic carbocycles. The van der Waals surface area contributed by atoms with E-state index >= 15 is 0 Å². The van der Waals surface area contributed by atoms with Gasteiger partial charge in [0.15, 0.2) is 0 Å². The maximum absolute atomic E-state index is 11.7. The first-order chi connectivity index (χ1) is 8.70. The van der Waals surface area contributed by atoms with E-state index in [4.69, 9.17) is 5.73 Å². The fraction of sp³-hybridized carbons (Fsp3) is 0.364. The maximum atomic E-state index is 11.7. The molecule has 2 heterocycles. The number of nitrogens with zero attached hydrogens (tertiary/aromatic N) is 2. The van der Waals surface area contributed by atoms with E-state index in [1.807, 2.05) is 12.3 Å². The van der Waals surface area contributed by atoms with Crippen LogP contribution in [-0.2, 0) is 0 Å². The summed E-state index contributed by atoms with van der Waals surface area (Å²) in [4.78, 5) is 20.4. The molecular weight excluding hydrogens is 268 g/mol. The number of hydrogen-bond acceptors (Lipinski definition) is 6. The van der Waals surface area contributed by atoms with Gasteiger partial charge in [-0.2, -0.15) is 0 Å². The third-order valence-electron chi connectivity index (χ3n) is 2.24. The lowest BCUT2D eigenvalue weighted by Gasteiger charge is -2.00. The molecule has 0 bridgehead atoms. The van der Waals surface area contributed by atoms with Crippen LogP contribution in [0.5, 0.6) is 0 Å². The molecule has 0 atom stereocenters. The smallest absolute Gasteiger partial charge is 0.270 e. The van der Waals surface area contributed by atoms with E-state index in [1.165, 1.54) is 11.3 Å². The predicted octanol–water partition coefficient (Wildman–Crippen LogP) is 1.65. The first-order valence-corrected chi connectivity index (χ1v) is 7.33. The van der Waals surface area contributed by atoms with Crippen LogP contribution >= 0.6 is 22.7 Å². The van der Waals surface area contributed by atoms with Crippen molar-refractivity contribution in [2.24, 2.45) is 5.73 Å². The fourth-order valence-corrected chi connectivity index (χ4v) is 2.78. The average molecular weight is 282 g/mol. The second kappa shape index (κ2) is 6.03. The Kier molecular flexibility index (Phi) is 4.40. The number of carbonyl (C=O) groups is 1. The molecule has 0 spiro atoms. The largest absolute Gasteiger partial charge is 0.351 e. The van der Waals surface area contributed by atoms with Crippen molar-refractivity contribution in [1.29, 1.82) is 0 Å². The zero-order valence-corrected chi connectivity index (χ0v) is 11.6. The van der Waals surface area contributed by atoms with Crippen molar-refractivity contribution in [1.82, 2.24) is 15.3 Å². The van der Waals surface area contributed by atoms with E-state index in [0.29, 0.717) is 18.8 Å². The highest BCUT2D eigenvalue weighted by Gasteiger charge is 2.12. The minimum Gasteiger partial charge on any atom is -0.351 e. The molecule has 0 saturated heterocycles. The molecular formula is C11H14N4OS2. The highest BCUT2D eigenvalue weighted by Crippen LogP contribution is 2.24. The molecule has 0 aliphatic heterocycles. The minimum atomic E-state index is -0.155. The van der Waals surface area contributed by atoms with E-state index in [9.17, 15) is 4.79 Å². The monoisotopic (exact) mass is 282 g/mol. The predicted molar refractivity (Wildman–Crippen MR) is 74.0 cm³/mol. The van der Waals surface area contributed by atoms with E-state index in [0.717, 1.165) is 22.1 Å². The summed E-state index contributed by atoms with van der Waals surface area (Å²) < 4.78 is 0. The molecule has 0 aromatic carbocycles. The number of nitrogens with one attached hydrogen (secondary N) is 1. The van der Waals surface area contributed by atoms with E-state index in [1.54, 1.807) is 16.7 Å². The van der Waals surface area contributed by atoms with Gasteiger partial charge in [0.05, 0.1) is 5.01 Å². The summed E-state index contributed by atoms with van der Waals surface area (Å²) >= 11 is 3.01. The van der Waals surface area contributed by atoms with Crippen LogP contribution in [0.25, 0.3) is 10.7 Å². The second-order valence-electron chi connectivity index (χ2n) is 3.69. The summed E-state index contributed by atoms with van der Waals surface area (Å²) in [6.07, 6.45) is 0.772. The zero-order valence-electron chi connectivity index (χ0n) is 9.97. The molecule has 0 fully saturated rings. The Bertz CT molecular complexity index is 535. The Balaban J connectivity index is 2.04. The molecule has 2 rings (SSSR count). The number of nitrogens with two attached hydrogens (primary N) is 1. The van der Waals surface area contributed by atoms with Gasteiger partial charge in [-0.25, -0.2) is 9.97 Å². The van der Waals surface area contributed by atoms with Crippen molar-refractivity contribution in [3.8, 4) is 10.7 Å². The van der Waals surface area contributed by atoms with Gasteiger partial charge < -0.3 is 11.1 Å². The zero-order chi connectivity index (χ0) is 13.0. The van der Waals surface area contributed by atoms with Crippen LogP contribution in [0.2, 0.25) is 0 Å². The summed E-state index contributed by atoms with van der Waals surface area (Å²) in [5, 5.41) is 8.25. The number of rotatable bonds is 5. The standard InChI is InChI=1S/C11H14N4OS2/c1-7-14-9(6-17-7)11-15-8(5-18-11)10(16)13-4-2-3-12/h5-6H,2-4,12H2,1H3,(H,13,16). The molecule has 0 unspecified atom stereocenters. The topological polar surface area (TPSA) is 80.9 Å². The van der Waals surface area contributed by atoms with Crippen molar-refractivity contribution < 1.29 is 4.79 Å². The highest BCUT2D eigenvalue weighted by atomic mass is 32.1. The second-order valence-corrected chi connectivity index (χ2v) is 5.61. The van der Waals surface area contributed by atoms with Gasteiger partial charge in [-0.15, -0.1) is 22.7 Å². The van der Waals surface area contributed by atoms with Gasteiger partial charge in [0.2, 0.25) is 0 Å². The van der Waals surface area contributed by atoms with Gasteiger partial charge >= 0.3 is 0 Å². The summed E-state index contributed by atoms with van der Waals surface area (Å²) in [6.45, 7) is 3.10. The molecule has 2 aromatic heterocycles. The summed E-state index contributed by atoms with van der Waals surface area (Å²) in [6, 6.07) is 0. The molecule has 3 N–H and O–H groups in total. The van der Waals surface area contributed by atoms with Crippen molar-refractivity contribution in [2.75, 3.05) is 13.1 Å². The lowest BCUT2D eigenvalue weighted by Crippen LogP contribution is -2.26. The SMILES string of the molecule is Cc1nc(-c2nc(C(=O)NCCCN)cs2)cs1. The molecule has 0 saturated carbocycles. The van der Waals surface area contributed by atoms with Crippen LogP contribution in [-0.4, -0.2) is 29.0 Å². The third-order valence-corrected chi connectivity index (χ3v) is 3.88. The molecule has 0 aliphatic rings. The molecule has 1 amide bonds. The molecule has 5 nitrogen and oxygen atoms in total. The van der Waals surface area contributed by atoms with Crippen molar-refractivity contribution in [3.05, 3.63) is 21.5 Å². The summed E-state index contributed by atoms with van der Waals surface area (Å²) in [5.74, 6) is -0.155.